The van der Waals surface area contributed by atoms with Crippen molar-refractivity contribution < 1.29 is 8.42 Å². The molecule has 1 atom stereocenters. The Labute approximate surface area is 175 Å². The minimum Gasteiger partial charge on any atom is -0.383 e. The number of H-pyrrole nitrogens is 1. The van der Waals surface area contributed by atoms with Gasteiger partial charge in [0.15, 0.2) is 0 Å². The summed E-state index contributed by atoms with van der Waals surface area (Å²) >= 11 is 0. The van der Waals surface area contributed by atoms with Crippen LogP contribution in [0.15, 0.2) is 47.9 Å². The summed E-state index contributed by atoms with van der Waals surface area (Å²) in [6.07, 6.45) is 5.07. The zero-order valence-corrected chi connectivity index (χ0v) is 17.6. The highest BCUT2D eigenvalue weighted by Crippen LogP contribution is 2.25. The van der Waals surface area contributed by atoms with E-state index in [2.05, 4.69) is 25.4 Å². The second-order valence-electron chi connectivity index (χ2n) is 7.61. The van der Waals surface area contributed by atoms with Crippen molar-refractivity contribution in [3.8, 4) is 0 Å². The van der Waals surface area contributed by atoms with E-state index in [1.165, 1.54) is 0 Å². The molecule has 2 aliphatic rings. The molecule has 0 amide bonds. The lowest BCUT2D eigenvalue weighted by Crippen LogP contribution is -2.50. The van der Waals surface area contributed by atoms with Crippen LogP contribution in [-0.4, -0.2) is 66.9 Å². The number of sulfonamides is 1. The Bertz CT molecular complexity index is 1050. The standard InChI is InChI=1S/C19H26N8O2S/c1-26-6-8-27(9-7-26)30(28,29)13-14-2-4-16(5-3-14)19(21)22-12-17(18(20)25-19)15-10-23-24-11-15/h2-5,10-12,22H,6-9,13,21H2,1H3,(H2,20,25)(H,23,24). The molecule has 0 radical (unpaired) electrons. The Kier molecular flexibility index (Phi) is 5.36. The van der Waals surface area contributed by atoms with E-state index in [1.54, 1.807) is 47.2 Å². The summed E-state index contributed by atoms with van der Waals surface area (Å²) in [6, 6.07) is 7.07. The number of nitrogens with zero attached hydrogens (tertiary/aromatic N) is 4. The van der Waals surface area contributed by atoms with Crippen molar-refractivity contribution in [2.45, 2.75) is 11.5 Å². The van der Waals surface area contributed by atoms with Gasteiger partial charge in [-0.05, 0) is 12.6 Å². The van der Waals surface area contributed by atoms with Gasteiger partial charge in [-0.1, -0.05) is 24.3 Å². The summed E-state index contributed by atoms with van der Waals surface area (Å²) < 4.78 is 27.0. The molecule has 10 nitrogen and oxygen atoms in total. The highest BCUT2D eigenvalue weighted by Gasteiger charge is 2.31. The molecule has 1 fully saturated rings. The van der Waals surface area contributed by atoms with Crippen LogP contribution in [0.5, 0.6) is 0 Å². The van der Waals surface area contributed by atoms with Crippen molar-refractivity contribution >= 4 is 21.4 Å². The number of hydrogen-bond acceptors (Lipinski definition) is 8. The number of aromatic nitrogens is 2. The van der Waals surface area contributed by atoms with Crippen molar-refractivity contribution in [3.05, 3.63) is 59.5 Å². The van der Waals surface area contributed by atoms with Gasteiger partial charge in [0.05, 0.1) is 11.9 Å². The molecule has 3 heterocycles. The topological polar surface area (TPSA) is 146 Å². The summed E-state index contributed by atoms with van der Waals surface area (Å²) in [5, 5.41) is 9.73. The Balaban J connectivity index is 1.47. The fourth-order valence-corrected chi connectivity index (χ4v) is 5.06. The predicted octanol–water partition coefficient (Wildman–Crippen LogP) is -0.443. The first-order valence-corrected chi connectivity index (χ1v) is 11.3. The summed E-state index contributed by atoms with van der Waals surface area (Å²) in [5.74, 6) is -0.983. The molecule has 0 bridgehead atoms. The van der Waals surface area contributed by atoms with Crippen LogP contribution in [0.1, 0.15) is 16.7 Å². The molecule has 1 unspecified atom stereocenters. The molecular formula is C19H26N8O2S. The van der Waals surface area contributed by atoms with Gasteiger partial charge in [0.2, 0.25) is 15.8 Å². The average Bonchev–Trinajstić information content (AvgIpc) is 3.23. The molecule has 0 aliphatic carbocycles. The third kappa shape index (κ3) is 4.10. The fourth-order valence-electron chi connectivity index (χ4n) is 3.54. The lowest BCUT2D eigenvalue weighted by atomic mass is 10.0. The first-order chi connectivity index (χ1) is 14.3. The molecule has 0 spiro atoms. The lowest BCUT2D eigenvalue weighted by molar-refractivity contribution is 0.222. The molecule has 0 saturated carbocycles. The quantitative estimate of drug-likeness (QED) is 0.503. The van der Waals surface area contributed by atoms with E-state index < -0.39 is 15.8 Å². The SMILES string of the molecule is CN1CCN(S(=O)(=O)Cc2ccc(C3(N)N=C(N)C(c4cn[nH]c4)=CN3)cc2)CC1. The van der Waals surface area contributed by atoms with Crippen LogP contribution in [-0.2, 0) is 21.6 Å². The van der Waals surface area contributed by atoms with Crippen LogP contribution in [0.2, 0.25) is 0 Å². The van der Waals surface area contributed by atoms with Crippen molar-refractivity contribution in [1.29, 1.82) is 0 Å². The minimum atomic E-state index is -3.36. The first kappa shape index (κ1) is 20.5. The number of likely N-dealkylation sites (N-methyl/N-ethyl adjacent to an activating group) is 1. The maximum absolute atomic E-state index is 12.7. The van der Waals surface area contributed by atoms with Crippen LogP contribution in [0.3, 0.4) is 0 Å². The average molecular weight is 431 g/mol. The number of nitrogens with one attached hydrogen (secondary N) is 2. The number of amidine groups is 1. The van der Waals surface area contributed by atoms with Gasteiger partial charge in [0.25, 0.3) is 0 Å². The van der Waals surface area contributed by atoms with E-state index in [0.717, 1.165) is 18.7 Å². The van der Waals surface area contributed by atoms with E-state index in [1.807, 2.05) is 7.05 Å². The zero-order chi connectivity index (χ0) is 21.4. The zero-order valence-electron chi connectivity index (χ0n) is 16.7. The summed E-state index contributed by atoms with van der Waals surface area (Å²) in [7, 11) is -1.37. The van der Waals surface area contributed by atoms with Gasteiger partial charge < -0.3 is 16.0 Å². The largest absolute Gasteiger partial charge is 0.383 e. The molecule has 1 saturated heterocycles. The maximum Gasteiger partial charge on any atom is 0.218 e. The molecular weight excluding hydrogens is 404 g/mol. The number of benzene rings is 1. The van der Waals surface area contributed by atoms with E-state index in [9.17, 15) is 8.42 Å². The maximum atomic E-state index is 12.7. The van der Waals surface area contributed by atoms with Gasteiger partial charge in [-0.2, -0.15) is 9.40 Å². The van der Waals surface area contributed by atoms with Crippen LogP contribution >= 0.6 is 0 Å². The number of piperazine rings is 1. The molecule has 30 heavy (non-hydrogen) atoms. The molecule has 2 aliphatic heterocycles. The van der Waals surface area contributed by atoms with E-state index in [0.29, 0.717) is 35.6 Å². The highest BCUT2D eigenvalue weighted by molar-refractivity contribution is 7.88. The van der Waals surface area contributed by atoms with E-state index in [-0.39, 0.29) is 5.75 Å². The van der Waals surface area contributed by atoms with Gasteiger partial charge in [0, 0.05) is 55.3 Å². The van der Waals surface area contributed by atoms with Gasteiger partial charge in [0.1, 0.15) is 5.84 Å². The van der Waals surface area contributed by atoms with E-state index >= 15 is 0 Å². The lowest BCUT2D eigenvalue weighted by Gasteiger charge is -2.32. The van der Waals surface area contributed by atoms with Crippen LogP contribution in [0, 0.1) is 0 Å². The number of aliphatic imine (C=N–C) groups is 1. The first-order valence-electron chi connectivity index (χ1n) is 9.64. The van der Waals surface area contributed by atoms with Gasteiger partial charge in [-0.15, -0.1) is 0 Å². The summed E-state index contributed by atoms with van der Waals surface area (Å²) in [6.45, 7) is 2.53. The van der Waals surface area contributed by atoms with Gasteiger partial charge in [-0.3, -0.25) is 10.8 Å². The Hall–Kier alpha value is -2.73. The number of hydrogen-bond donors (Lipinski definition) is 4. The van der Waals surface area contributed by atoms with E-state index in [4.69, 9.17) is 11.5 Å². The predicted molar refractivity (Wildman–Crippen MR) is 115 cm³/mol. The van der Waals surface area contributed by atoms with Crippen molar-refractivity contribution in [2.75, 3.05) is 33.2 Å². The number of rotatable bonds is 5. The second-order valence-corrected chi connectivity index (χ2v) is 9.58. The molecule has 6 N–H and O–H groups in total. The van der Waals surface area contributed by atoms with Crippen molar-refractivity contribution in [1.82, 2.24) is 24.7 Å². The third-order valence-corrected chi connectivity index (χ3v) is 7.27. The Morgan fingerprint density at radius 3 is 2.47 bits per heavy atom. The molecule has 160 valence electrons. The minimum absolute atomic E-state index is 0.0437. The van der Waals surface area contributed by atoms with Crippen LogP contribution in [0.25, 0.3) is 5.57 Å². The number of aromatic amines is 1. The molecule has 4 rings (SSSR count). The summed E-state index contributed by atoms with van der Waals surface area (Å²) in [4.78, 5) is 6.55. The van der Waals surface area contributed by atoms with Gasteiger partial charge in [-0.25, -0.2) is 13.4 Å². The van der Waals surface area contributed by atoms with Crippen LogP contribution in [0.4, 0.5) is 0 Å². The smallest absolute Gasteiger partial charge is 0.218 e. The second kappa shape index (κ2) is 7.84. The Morgan fingerprint density at radius 2 is 1.87 bits per heavy atom. The van der Waals surface area contributed by atoms with Crippen molar-refractivity contribution in [3.63, 3.8) is 0 Å². The normalized spacial score (nSPS) is 23.5. The molecule has 2 aromatic rings. The molecule has 1 aromatic carbocycles. The number of nitrogens with two attached hydrogens (primary N) is 2. The highest BCUT2D eigenvalue weighted by atomic mass is 32.2. The fraction of sp³-hybridized carbons (Fsp3) is 0.368. The molecule has 11 heteroatoms. The summed E-state index contributed by atoms with van der Waals surface area (Å²) in [5.41, 5.74) is 15.4. The Morgan fingerprint density at radius 1 is 1.17 bits per heavy atom. The van der Waals surface area contributed by atoms with Crippen molar-refractivity contribution in [2.24, 2.45) is 16.5 Å². The third-order valence-electron chi connectivity index (χ3n) is 5.42. The monoisotopic (exact) mass is 430 g/mol. The molecule has 1 aromatic heterocycles. The van der Waals surface area contributed by atoms with Gasteiger partial charge >= 0.3 is 0 Å². The van der Waals surface area contributed by atoms with Crippen LogP contribution < -0.4 is 16.8 Å².